The predicted octanol–water partition coefficient (Wildman–Crippen LogP) is 13.7. The second-order valence-corrected chi connectivity index (χ2v) is 18.4. The minimum atomic E-state index is 0. The molecule has 0 N–H and O–H groups in total. The zero-order valence-corrected chi connectivity index (χ0v) is 38.5. The van der Waals surface area contributed by atoms with E-state index < -0.39 is 0 Å². The SMILES string of the molecule is CCCCCCCCCCCCCCCCCCCCCC[N+](C)(CCCCCCCCCCCCCCCCCCCCCC)CN1CCCC1=O.[Cl-]. The number of rotatable bonds is 44. The minimum Gasteiger partial charge on any atom is -1.00 e. The molecule has 0 aliphatic carbocycles. The first kappa shape index (κ1) is 53.7. The monoisotopic (exact) mass is 781 g/mol. The molecule has 0 saturated carbocycles. The van der Waals surface area contributed by atoms with E-state index >= 15 is 0 Å². The van der Waals surface area contributed by atoms with Crippen LogP contribution in [0.2, 0.25) is 0 Å². The van der Waals surface area contributed by atoms with Crippen LogP contribution >= 0.6 is 0 Å². The van der Waals surface area contributed by atoms with E-state index in [1.54, 1.807) is 0 Å². The second kappa shape index (κ2) is 42.3. The van der Waals surface area contributed by atoms with Crippen molar-refractivity contribution in [2.45, 2.75) is 284 Å². The van der Waals surface area contributed by atoms with Crippen molar-refractivity contribution < 1.29 is 21.7 Å². The Hall–Kier alpha value is -0.280. The largest absolute Gasteiger partial charge is 1.00 e. The first-order valence-electron chi connectivity index (χ1n) is 25.2. The van der Waals surface area contributed by atoms with Crippen LogP contribution in [-0.4, -0.2) is 48.6 Å². The summed E-state index contributed by atoms with van der Waals surface area (Å²) in [5.74, 6) is 0.404. The van der Waals surface area contributed by atoms with Gasteiger partial charge in [0.1, 0.15) is 0 Å². The zero-order chi connectivity index (χ0) is 38.2. The maximum absolute atomic E-state index is 12.5. The van der Waals surface area contributed by atoms with Crippen molar-refractivity contribution in [3.8, 4) is 0 Å². The number of amides is 1. The lowest BCUT2D eigenvalue weighted by molar-refractivity contribution is -0.918. The standard InChI is InChI=1S/C50H101N2O.ClH/c1-4-6-8-10-12-14-16-18-20-22-24-26-28-30-32-34-36-38-40-42-47-52(3,49-51-46-44-45-50(51)53)48-43-41-39-37-35-33-31-29-27-25-23-21-19-17-15-13-11-9-7-5-2;/h4-49H2,1-3H3;1H/q+1;/p-1. The summed E-state index contributed by atoms with van der Waals surface area (Å²) in [5, 5.41) is 0. The molecule has 1 aliphatic rings. The van der Waals surface area contributed by atoms with E-state index in [1.807, 2.05) is 0 Å². The van der Waals surface area contributed by atoms with Gasteiger partial charge in [-0.1, -0.05) is 245 Å². The van der Waals surface area contributed by atoms with Crippen LogP contribution in [-0.2, 0) is 4.79 Å². The Labute approximate surface area is 348 Å². The molecule has 0 spiro atoms. The van der Waals surface area contributed by atoms with E-state index in [9.17, 15) is 4.79 Å². The van der Waals surface area contributed by atoms with E-state index in [1.165, 1.54) is 270 Å². The summed E-state index contributed by atoms with van der Waals surface area (Å²) in [4.78, 5) is 14.7. The van der Waals surface area contributed by atoms with E-state index in [-0.39, 0.29) is 12.4 Å². The van der Waals surface area contributed by atoms with Crippen LogP contribution in [0, 0.1) is 0 Å². The van der Waals surface area contributed by atoms with Crippen molar-refractivity contribution in [3.63, 3.8) is 0 Å². The molecule has 1 fully saturated rings. The van der Waals surface area contributed by atoms with Gasteiger partial charge in [-0.2, -0.15) is 0 Å². The van der Waals surface area contributed by atoms with Gasteiger partial charge in [-0.25, -0.2) is 0 Å². The maximum Gasteiger partial charge on any atom is 0.226 e. The molecule has 3 nitrogen and oxygen atoms in total. The fourth-order valence-electron chi connectivity index (χ4n) is 9.02. The number of quaternary nitrogens is 1. The lowest BCUT2D eigenvalue weighted by Gasteiger charge is -2.38. The van der Waals surface area contributed by atoms with Crippen LogP contribution in [0.15, 0.2) is 0 Å². The Morgan fingerprint density at radius 3 is 0.815 bits per heavy atom. The average molecular weight is 782 g/mol. The molecule has 54 heavy (non-hydrogen) atoms. The molecule has 324 valence electrons. The van der Waals surface area contributed by atoms with E-state index in [4.69, 9.17) is 0 Å². The third-order valence-electron chi connectivity index (χ3n) is 12.8. The summed E-state index contributed by atoms with van der Waals surface area (Å²) < 4.78 is 1.09. The lowest BCUT2D eigenvalue weighted by Crippen LogP contribution is -3.00. The average Bonchev–Trinajstić information content (AvgIpc) is 3.56. The predicted molar refractivity (Wildman–Crippen MR) is 238 cm³/mol. The molecule has 0 aromatic rings. The van der Waals surface area contributed by atoms with Gasteiger partial charge in [-0.3, -0.25) is 9.69 Å². The van der Waals surface area contributed by atoms with Gasteiger partial charge in [0.25, 0.3) is 0 Å². The van der Waals surface area contributed by atoms with Gasteiger partial charge >= 0.3 is 0 Å². The third-order valence-corrected chi connectivity index (χ3v) is 12.8. The van der Waals surface area contributed by atoms with Crippen LogP contribution in [0.25, 0.3) is 0 Å². The summed E-state index contributed by atoms with van der Waals surface area (Å²) in [5.41, 5.74) is 0. The van der Waals surface area contributed by atoms with Crippen LogP contribution in [0.1, 0.15) is 284 Å². The van der Waals surface area contributed by atoms with Gasteiger partial charge in [0.2, 0.25) is 5.91 Å². The van der Waals surface area contributed by atoms with E-state index in [2.05, 4.69) is 25.8 Å². The van der Waals surface area contributed by atoms with Crippen molar-refractivity contribution >= 4 is 5.91 Å². The Balaban J connectivity index is 0.0000281. The summed E-state index contributed by atoms with van der Waals surface area (Å²) >= 11 is 0. The number of nitrogens with zero attached hydrogens (tertiary/aromatic N) is 2. The Kier molecular flexibility index (Phi) is 42.1. The van der Waals surface area contributed by atoms with Crippen molar-refractivity contribution in [1.82, 2.24) is 4.90 Å². The van der Waals surface area contributed by atoms with Gasteiger partial charge in [-0.15, -0.1) is 0 Å². The van der Waals surface area contributed by atoms with Gasteiger partial charge < -0.3 is 16.9 Å². The molecular weight excluding hydrogens is 680 g/mol. The molecule has 0 atom stereocenters. The van der Waals surface area contributed by atoms with Crippen LogP contribution < -0.4 is 12.4 Å². The highest BCUT2D eigenvalue weighted by Gasteiger charge is 2.29. The molecule has 1 amide bonds. The van der Waals surface area contributed by atoms with Gasteiger partial charge in [0.15, 0.2) is 6.67 Å². The van der Waals surface area contributed by atoms with Crippen molar-refractivity contribution in [3.05, 3.63) is 0 Å². The first-order valence-corrected chi connectivity index (χ1v) is 25.2. The highest BCUT2D eigenvalue weighted by Crippen LogP contribution is 2.20. The number of hydrogen-bond acceptors (Lipinski definition) is 1. The quantitative estimate of drug-likeness (QED) is 0.0445. The van der Waals surface area contributed by atoms with Crippen molar-refractivity contribution in [1.29, 1.82) is 0 Å². The molecule has 0 aromatic carbocycles. The van der Waals surface area contributed by atoms with Crippen molar-refractivity contribution in [2.75, 3.05) is 33.4 Å². The number of unbranched alkanes of at least 4 members (excludes halogenated alkanes) is 38. The van der Waals surface area contributed by atoms with Gasteiger partial charge in [-0.05, 0) is 32.1 Å². The second-order valence-electron chi connectivity index (χ2n) is 18.4. The van der Waals surface area contributed by atoms with Crippen LogP contribution in [0.3, 0.4) is 0 Å². The normalized spacial score (nSPS) is 13.3. The summed E-state index contributed by atoms with van der Waals surface area (Å²) in [7, 11) is 2.46. The van der Waals surface area contributed by atoms with Crippen LogP contribution in [0.4, 0.5) is 0 Å². The molecule has 0 aromatic heterocycles. The van der Waals surface area contributed by atoms with E-state index in [0.717, 1.165) is 30.5 Å². The number of carbonyl (C=O) groups excluding carboxylic acids is 1. The summed E-state index contributed by atoms with van der Waals surface area (Å²) in [6.07, 6.45) is 59.5. The molecule has 4 heteroatoms. The molecule has 0 radical (unpaired) electrons. The Morgan fingerprint density at radius 1 is 0.389 bits per heavy atom. The molecule has 0 bridgehead atoms. The number of hydrogen-bond donors (Lipinski definition) is 0. The smallest absolute Gasteiger partial charge is 0.226 e. The Bertz CT molecular complexity index is 700. The van der Waals surface area contributed by atoms with Gasteiger partial charge in [0.05, 0.1) is 20.1 Å². The fourth-order valence-corrected chi connectivity index (χ4v) is 9.02. The number of carbonyl (C=O) groups is 1. The fraction of sp³-hybridized carbons (Fsp3) is 0.980. The molecule has 1 saturated heterocycles. The van der Waals surface area contributed by atoms with Crippen molar-refractivity contribution in [2.24, 2.45) is 0 Å². The number of halogens is 1. The summed E-state index contributed by atoms with van der Waals surface area (Å²) in [6, 6.07) is 0. The third kappa shape index (κ3) is 36.1. The van der Waals surface area contributed by atoms with Gasteiger partial charge in [0, 0.05) is 13.0 Å². The highest BCUT2D eigenvalue weighted by molar-refractivity contribution is 5.77. The molecule has 1 rings (SSSR count). The zero-order valence-electron chi connectivity index (χ0n) is 37.7. The molecular formula is C50H101ClN2O. The maximum atomic E-state index is 12.5. The lowest BCUT2D eigenvalue weighted by atomic mass is 10.0. The first-order chi connectivity index (χ1) is 26.1. The minimum absolute atomic E-state index is 0. The van der Waals surface area contributed by atoms with E-state index in [0.29, 0.717) is 5.91 Å². The number of likely N-dealkylation sites (tertiary alicyclic amines) is 1. The topological polar surface area (TPSA) is 20.3 Å². The van der Waals surface area contributed by atoms with Crippen LogP contribution in [0.5, 0.6) is 0 Å². The Morgan fingerprint density at radius 2 is 0.611 bits per heavy atom. The molecule has 0 unspecified atom stereocenters. The molecule has 1 aliphatic heterocycles. The molecule has 1 heterocycles. The summed E-state index contributed by atoms with van der Waals surface area (Å²) in [6.45, 7) is 9.07. The highest BCUT2D eigenvalue weighted by atomic mass is 35.5.